The number of halogens is 1. The molecule has 0 bridgehead atoms. The molecule has 0 radical (unpaired) electrons. The van der Waals surface area contributed by atoms with Crippen molar-refractivity contribution >= 4 is 18.3 Å². The molecule has 1 saturated heterocycles. The molecule has 134 valence electrons. The van der Waals surface area contributed by atoms with E-state index in [9.17, 15) is 4.79 Å². The Labute approximate surface area is 149 Å². The van der Waals surface area contributed by atoms with Crippen LogP contribution in [0.2, 0.25) is 0 Å². The number of carbonyl (C=O) groups excluding carboxylic acids is 1. The van der Waals surface area contributed by atoms with Gasteiger partial charge in [-0.3, -0.25) is 4.79 Å². The van der Waals surface area contributed by atoms with Crippen LogP contribution in [0.1, 0.15) is 30.4 Å². The number of benzene rings is 1. The number of rotatable bonds is 8. The molecule has 2 aliphatic rings. The summed E-state index contributed by atoms with van der Waals surface area (Å²) < 4.78 is 11.4. The topological polar surface area (TPSA) is 59.6 Å². The van der Waals surface area contributed by atoms with E-state index in [1.807, 2.05) is 25.1 Å². The first-order chi connectivity index (χ1) is 11.2. The molecule has 0 aromatic heterocycles. The predicted octanol–water partition coefficient (Wildman–Crippen LogP) is 2.20. The third-order valence-electron chi connectivity index (χ3n) is 4.30. The molecule has 6 heteroatoms. The largest absolute Gasteiger partial charge is 0.488 e. The van der Waals surface area contributed by atoms with Crippen LogP contribution in [0.3, 0.4) is 0 Å². The van der Waals surface area contributed by atoms with Crippen molar-refractivity contribution in [3.8, 4) is 5.75 Å². The summed E-state index contributed by atoms with van der Waals surface area (Å²) in [7, 11) is 0. The van der Waals surface area contributed by atoms with Crippen LogP contribution >= 0.6 is 12.4 Å². The monoisotopic (exact) mass is 354 g/mol. The van der Waals surface area contributed by atoms with Crippen molar-refractivity contribution in [1.29, 1.82) is 0 Å². The van der Waals surface area contributed by atoms with Crippen molar-refractivity contribution in [2.75, 3.05) is 26.3 Å². The van der Waals surface area contributed by atoms with Gasteiger partial charge in [0.25, 0.3) is 0 Å². The number of amides is 1. The highest BCUT2D eigenvalue weighted by Gasteiger charge is 2.21. The second-order valence-electron chi connectivity index (χ2n) is 6.57. The molecular formula is C18H27ClN2O3. The maximum atomic E-state index is 11.9. The third-order valence-corrected chi connectivity index (χ3v) is 4.30. The lowest BCUT2D eigenvalue weighted by molar-refractivity contribution is -0.120. The number of hydrogen-bond donors (Lipinski definition) is 2. The van der Waals surface area contributed by atoms with Gasteiger partial charge in [-0.2, -0.15) is 0 Å². The Morgan fingerprint density at radius 1 is 1.33 bits per heavy atom. The van der Waals surface area contributed by atoms with Gasteiger partial charge >= 0.3 is 0 Å². The number of aryl methyl sites for hydroxylation is 1. The van der Waals surface area contributed by atoms with Crippen molar-refractivity contribution in [3.05, 3.63) is 29.3 Å². The van der Waals surface area contributed by atoms with Gasteiger partial charge in [-0.1, -0.05) is 12.1 Å². The quantitative estimate of drug-likeness (QED) is 0.751. The molecule has 1 saturated carbocycles. The SMILES string of the molecule is Cc1ccc(CNC(=O)CNCC2CC2)c(OC2CCOC2)c1.Cl. The van der Waals surface area contributed by atoms with Gasteiger partial charge < -0.3 is 20.1 Å². The Bertz CT molecular complexity index is 543. The van der Waals surface area contributed by atoms with Crippen LogP contribution < -0.4 is 15.4 Å². The Kier molecular flexibility index (Phi) is 7.34. The highest BCUT2D eigenvalue weighted by molar-refractivity contribution is 5.85. The van der Waals surface area contributed by atoms with Crippen LogP contribution in [0.25, 0.3) is 0 Å². The zero-order valence-electron chi connectivity index (χ0n) is 14.2. The molecule has 24 heavy (non-hydrogen) atoms. The lowest BCUT2D eigenvalue weighted by Crippen LogP contribution is -2.34. The van der Waals surface area contributed by atoms with E-state index in [0.717, 1.165) is 42.4 Å². The fourth-order valence-electron chi connectivity index (χ4n) is 2.67. The van der Waals surface area contributed by atoms with E-state index in [1.54, 1.807) is 0 Å². The van der Waals surface area contributed by atoms with E-state index in [-0.39, 0.29) is 24.4 Å². The summed E-state index contributed by atoms with van der Waals surface area (Å²) in [5.74, 6) is 1.67. The molecule has 1 aliphatic carbocycles. The van der Waals surface area contributed by atoms with Gasteiger partial charge in [-0.05, 0) is 43.9 Å². The predicted molar refractivity (Wildman–Crippen MR) is 95.7 cm³/mol. The molecule has 1 aromatic carbocycles. The fraction of sp³-hybridized carbons (Fsp3) is 0.611. The van der Waals surface area contributed by atoms with Gasteiger partial charge in [0.1, 0.15) is 11.9 Å². The molecule has 5 nitrogen and oxygen atoms in total. The summed E-state index contributed by atoms with van der Waals surface area (Å²) in [6.07, 6.45) is 3.63. The normalized spacial score (nSPS) is 19.6. The van der Waals surface area contributed by atoms with Crippen molar-refractivity contribution in [2.45, 2.75) is 38.8 Å². The Morgan fingerprint density at radius 2 is 2.17 bits per heavy atom. The van der Waals surface area contributed by atoms with E-state index in [2.05, 4.69) is 10.6 Å². The van der Waals surface area contributed by atoms with Crippen LogP contribution in [0.15, 0.2) is 18.2 Å². The minimum atomic E-state index is 0. The zero-order valence-corrected chi connectivity index (χ0v) is 15.0. The molecule has 1 aliphatic heterocycles. The first-order valence-electron chi connectivity index (χ1n) is 8.52. The molecule has 1 unspecified atom stereocenters. The molecule has 1 heterocycles. The molecule has 2 fully saturated rings. The van der Waals surface area contributed by atoms with Crippen molar-refractivity contribution in [1.82, 2.24) is 10.6 Å². The zero-order chi connectivity index (χ0) is 16.1. The second-order valence-corrected chi connectivity index (χ2v) is 6.57. The molecule has 1 atom stereocenters. The van der Waals surface area contributed by atoms with Gasteiger partial charge in [0.2, 0.25) is 5.91 Å². The number of ether oxygens (including phenoxy) is 2. The molecule has 2 N–H and O–H groups in total. The first-order valence-corrected chi connectivity index (χ1v) is 8.52. The maximum absolute atomic E-state index is 11.9. The van der Waals surface area contributed by atoms with Gasteiger partial charge in [-0.15, -0.1) is 12.4 Å². The van der Waals surface area contributed by atoms with Crippen LogP contribution in [0.4, 0.5) is 0 Å². The average molecular weight is 355 g/mol. The van der Waals surface area contributed by atoms with Crippen molar-refractivity contribution < 1.29 is 14.3 Å². The second kappa shape index (κ2) is 9.25. The van der Waals surface area contributed by atoms with E-state index in [0.29, 0.717) is 19.7 Å². The summed E-state index contributed by atoms with van der Waals surface area (Å²) in [6, 6.07) is 6.11. The number of carbonyl (C=O) groups is 1. The molecule has 1 aromatic rings. The van der Waals surface area contributed by atoms with Crippen LogP contribution in [-0.4, -0.2) is 38.3 Å². The van der Waals surface area contributed by atoms with Crippen molar-refractivity contribution in [3.63, 3.8) is 0 Å². The summed E-state index contributed by atoms with van der Waals surface area (Å²) in [4.78, 5) is 11.9. The van der Waals surface area contributed by atoms with Crippen molar-refractivity contribution in [2.24, 2.45) is 5.92 Å². The third kappa shape index (κ3) is 5.96. The smallest absolute Gasteiger partial charge is 0.234 e. The molecule has 0 spiro atoms. The van der Waals surface area contributed by atoms with Gasteiger partial charge in [0.15, 0.2) is 0 Å². The number of hydrogen-bond acceptors (Lipinski definition) is 4. The highest BCUT2D eigenvalue weighted by Crippen LogP contribution is 2.27. The summed E-state index contributed by atoms with van der Waals surface area (Å²) in [5.41, 5.74) is 2.16. The summed E-state index contributed by atoms with van der Waals surface area (Å²) in [6.45, 7) is 5.28. The van der Waals surface area contributed by atoms with E-state index >= 15 is 0 Å². The van der Waals surface area contributed by atoms with E-state index in [4.69, 9.17) is 9.47 Å². The minimum absolute atomic E-state index is 0. The lowest BCUT2D eigenvalue weighted by Gasteiger charge is -2.17. The maximum Gasteiger partial charge on any atom is 0.234 e. The van der Waals surface area contributed by atoms with Gasteiger partial charge in [-0.25, -0.2) is 0 Å². The highest BCUT2D eigenvalue weighted by atomic mass is 35.5. The Hall–Kier alpha value is -1.30. The summed E-state index contributed by atoms with van der Waals surface area (Å²) in [5, 5.41) is 6.17. The van der Waals surface area contributed by atoms with Gasteiger partial charge in [0, 0.05) is 18.5 Å². The summed E-state index contributed by atoms with van der Waals surface area (Å²) >= 11 is 0. The minimum Gasteiger partial charge on any atom is -0.488 e. The Balaban J connectivity index is 0.00000208. The van der Waals surface area contributed by atoms with E-state index < -0.39 is 0 Å². The van der Waals surface area contributed by atoms with Gasteiger partial charge in [0.05, 0.1) is 19.8 Å². The lowest BCUT2D eigenvalue weighted by atomic mass is 10.1. The molecule has 1 amide bonds. The van der Waals surface area contributed by atoms with E-state index in [1.165, 1.54) is 12.8 Å². The first kappa shape index (κ1) is 19.0. The molecule has 3 rings (SSSR count). The van der Waals surface area contributed by atoms with Crippen LogP contribution in [0.5, 0.6) is 5.75 Å². The van der Waals surface area contributed by atoms with Crippen LogP contribution in [0, 0.1) is 12.8 Å². The standard InChI is InChI=1S/C18H26N2O3.ClH/c1-13-2-5-15(17(8-13)23-16-6-7-22-12-16)10-20-18(21)11-19-9-14-3-4-14;/h2,5,8,14,16,19H,3-4,6-7,9-12H2,1H3,(H,20,21);1H. The average Bonchev–Trinajstić information content (AvgIpc) is 3.21. The number of nitrogens with one attached hydrogen (secondary N) is 2. The Morgan fingerprint density at radius 3 is 2.88 bits per heavy atom. The fourth-order valence-corrected chi connectivity index (χ4v) is 2.67. The molecular weight excluding hydrogens is 328 g/mol. The van der Waals surface area contributed by atoms with Crippen LogP contribution in [-0.2, 0) is 16.1 Å².